The Morgan fingerprint density at radius 2 is 1.80 bits per heavy atom. The highest BCUT2D eigenvalue weighted by Gasteiger charge is 2.12. The van der Waals surface area contributed by atoms with Crippen LogP contribution in [0.4, 0.5) is 0 Å². The predicted octanol–water partition coefficient (Wildman–Crippen LogP) is 5.27. The molecule has 0 unspecified atom stereocenters. The Hall–Kier alpha value is -3.70. The van der Waals surface area contributed by atoms with Gasteiger partial charge in [0.1, 0.15) is 5.69 Å². The third-order valence-electron chi connectivity index (χ3n) is 4.53. The van der Waals surface area contributed by atoms with Gasteiger partial charge >= 0.3 is 0 Å². The van der Waals surface area contributed by atoms with Crippen molar-refractivity contribution in [1.82, 2.24) is 15.2 Å². The van der Waals surface area contributed by atoms with E-state index in [9.17, 15) is 4.79 Å². The number of rotatable bonds is 5. The molecule has 0 atom stereocenters. The van der Waals surface area contributed by atoms with Gasteiger partial charge < -0.3 is 0 Å². The molecule has 4 aromatic rings. The lowest BCUT2D eigenvalue weighted by Gasteiger charge is -2.02. The number of halogens is 1. The fourth-order valence-electron chi connectivity index (χ4n) is 3.04. The Balaban J connectivity index is 1.64. The van der Waals surface area contributed by atoms with Crippen LogP contribution in [-0.4, -0.2) is 21.9 Å². The maximum absolute atomic E-state index is 12.3. The van der Waals surface area contributed by atoms with Crippen LogP contribution >= 0.6 is 11.6 Å². The van der Waals surface area contributed by atoms with Crippen molar-refractivity contribution in [2.24, 2.45) is 5.10 Å². The van der Waals surface area contributed by atoms with Crippen LogP contribution in [0.2, 0.25) is 5.02 Å². The predicted molar refractivity (Wildman–Crippen MR) is 120 cm³/mol. The van der Waals surface area contributed by atoms with Crippen LogP contribution in [0.25, 0.3) is 16.9 Å². The minimum absolute atomic E-state index is 0.310. The highest BCUT2D eigenvalue weighted by molar-refractivity contribution is 6.30. The number of carbonyl (C=O) groups is 1. The lowest BCUT2D eigenvalue weighted by Crippen LogP contribution is -2.17. The molecule has 1 N–H and O–H groups in total. The Morgan fingerprint density at radius 1 is 1.03 bits per heavy atom. The van der Waals surface area contributed by atoms with Gasteiger partial charge in [-0.1, -0.05) is 53.6 Å². The summed E-state index contributed by atoms with van der Waals surface area (Å²) in [6.45, 7) is 2.04. The van der Waals surface area contributed by atoms with Crippen molar-refractivity contribution < 1.29 is 4.79 Å². The number of nitrogens with one attached hydrogen (secondary N) is 1. The molecule has 1 heterocycles. The molecule has 6 heteroatoms. The van der Waals surface area contributed by atoms with E-state index < -0.39 is 0 Å². The fourth-order valence-corrected chi connectivity index (χ4v) is 3.16. The van der Waals surface area contributed by atoms with Crippen LogP contribution in [0.15, 0.2) is 90.2 Å². The van der Waals surface area contributed by atoms with Gasteiger partial charge in [0.15, 0.2) is 0 Å². The molecule has 148 valence electrons. The van der Waals surface area contributed by atoms with Crippen molar-refractivity contribution in [3.8, 4) is 16.9 Å². The quantitative estimate of drug-likeness (QED) is 0.357. The molecular weight excluding hydrogens is 396 g/mol. The van der Waals surface area contributed by atoms with E-state index in [0.717, 1.165) is 28.1 Å². The Kier molecular flexibility index (Phi) is 5.72. The van der Waals surface area contributed by atoms with Gasteiger partial charge in [-0.2, -0.15) is 10.2 Å². The summed E-state index contributed by atoms with van der Waals surface area (Å²) < 4.78 is 1.81. The van der Waals surface area contributed by atoms with Crippen LogP contribution in [0.5, 0.6) is 0 Å². The highest BCUT2D eigenvalue weighted by atomic mass is 35.5. The van der Waals surface area contributed by atoms with E-state index in [1.807, 2.05) is 61.7 Å². The molecule has 0 aliphatic rings. The van der Waals surface area contributed by atoms with E-state index in [1.54, 1.807) is 35.2 Å². The first-order chi connectivity index (χ1) is 14.6. The molecule has 30 heavy (non-hydrogen) atoms. The van der Waals surface area contributed by atoms with Gasteiger partial charge in [-0.25, -0.2) is 10.1 Å². The summed E-state index contributed by atoms with van der Waals surface area (Å²) in [4.78, 5) is 12.3. The number of benzene rings is 3. The summed E-state index contributed by atoms with van der Waals surface area (Å²) in [5.41, 5.74) is 7.68. The molecule has 0 radical (unpaired) electrons. The minimum Gasteiger partial charge on any atom is -0.267 e. The van der Waals surface area contributed by atoms with Gasteiger partial charge in [-0.05, 0) is 49.4 Å². The summed E-state index contributed by atoms with van der Waals surface area (Å²) >= 11 is 5.87. The summed E-state index contributed by atoms with van der Waals surface area (Å²) in [5.74, 6) is -0.310. The van der Waals surface area contributed by atoms with Crippen LogP contribution in [-0.2, 0) is 0 Å². The van der Waals surface area contributed by atoms with E-state index in [2.05, 4.69) is 16.6 Å². The maximum atomic E-state index is 12.3. The minimum atomic E-state index is -0.310. The number of hydrogen-bond donors (Lipinski definition) is 1. The van der Waals surface area contributed by atoms with Gasteiger partial charge in [0.05, 0.1) is 11.9 Å². The Morgan fingerprint density at radius 3 is 2.53 bits per heavy atom. The summed E-state index contributed by atoms with van der Waals surface area (Å²) in [6, 6.07) is 24.6. The molecule has 1 aromatic heterocycles. The number of aryl methyl sites for hydroxylation is 1. The van der Waals surface area contributed by atoms with E-state index in [4.69, 9.17) is 16.7 Å². The molecule has 0 bridgehead atoms. The molecule has 5 nitrogen and oxygen atoms in total. The number of hydrogen-bond acceptors (Lipinski definition) is 3. The molecular formula is C24H19ClN4O. The van der Waals surface area contributed by atoms with Crippen LogP contribution in [0.3, 0.4) is 0 Å². The number of amides is 1. The largest absolute Gasteiger partial charge is 0.271 e. The van der Waals surface area contributed by atoms with Crippen molar-refractivity contribution >= 4 is 23.7 Å². The second-order valence-electron chi connectivity index (χ2n) is 6.79. The second-order valence-corrected chi connectivity index (χ2v) is 7.23. The Labute approximate surface area is 179 Å². The zero-order chi connectivity index (χ0) is 20.9. The zero-order valence-electron chi connectivity index (χ0n) is 16.3. The molecule has 0 saturated carbocycles. The van der Waals surface area contributed by atoms with Gasteiger partial charge in [0.2, 0.25) is 0 Å². The second kappa shape index (κ2) is 8.76. The van der Waals surface area contributed by atoms with E-state index >= 15 is 0 Å². The van der Waals surface area contributed by atoms with Crippen molar-refractivity contribution in [1.29, 1.82) is 0 Å². The Bertz CT molecular complexity index is 1200. The van der Waals surface area contributed by atoms with Gasteiger partial charge in [-0.3, -0.25) is 4.79 Å². The number of para-hydroxylation sites is 1. The third-order valence-corrected chi connectivity index (χ3v) is 4.78. The summed E-state index contributed by atoms with van der Waals surface area (Å²) in [5, 5.41) is 9.48. The monoisotopic (exact) mass is 414 g/mol. The topological polar surface area (TPSA) is 59.3 Å². The smallest absolute Gasteiger partial charge is 0.267 e. The van der Waals surface area contributed by atoms with Gasteiger partial charge in [-0.15, -0.1) is 0 Å². The van der Waals surface area contributed by atoms with Crippen LogP contribution in [0, 0.1) is 6.92 Å². The first-order valence-corrected chi connectivity index (χ1v) is 9.79. The van der Waals surface area contributed by atoms with Crippen molar-refractivity contribution in [2.45, 2.75) is 6.92 Å². The van der Waals surface area contributed by atoms with Crippen LogP contribution < -0.4 is 5.43 Å². The lowest BCUT2D eigenvalue weighted by molar-refractivity contribution is 0.0955. The maximum Gasteiger partial charge on any atom is 0.271 e. The summed E-state index contributed by atoms with van der Waals surface area (Å²) in [7, 11) is 0. The lowest BCUT2D eigenvalue weighted by atomic mass is 10.1. The molecule has 0 aliphatic heterocycles. The molecule has 0 fully saturated rings. The molecule has 0 aliphatic carbocycles. The third kappa shape index (κ3) is 4.47. The fraction of sp³-hybridized carbons (Fsp3) is 0.0417. The molecule has 3 aromatic carbocycles. The molecule has 0 saturated heterocycles. The highest BCUT2D eigenvalue weighted by Crippen LogP contribution is 2.23. The molecule has 0 spiro atoms. The van der Waals surface area contributed by atoms with Crippen molar-refractivity contribution in [2.75, 3.05) is 0 Å². The van der Waals surface area contributed by atoms with E-state index in [0.29, 0.717) is 10.6 Å². The van der Waals surface area contributed by atoms with Crippen molar-refractivity contribution in [3.05, 3.63) is 107 Å². The number of hydrazone groups is 1. The van der Waals surface area contributed by atoms with Crippen molar-refractivity contribution in [3.63, 3.8) is 0 Å². The van der Waals surface area contributed by atoms with Gasteiger partial charge in [0, 0.05) is 27.9 Å². The normalized spacial score (nSPS) is 11.0. The number of carbonyl (C=O) groups excluding carboxylic acids is 1. The molecule has 1 amide bonds. The average Bonchev–Trinajstić information content (AvgIpc) is 3.19. The SMILES string of the molecule is Cc1cccc(-c2nn(-c3ccccc3)cc2/C=N/NC(=O)c2ccc(Cl)cc2)c1. The zero-order valence-corrected chi connectivity index (χ0v) is 17.0. The standard InChI is InChI=1S/C24H19ClN4O/c1-17-6-5-7-19(14-17)23-20(16-29(28-23)22-8-3-2-4-9-22)15-26-27-24(30)18-10-12-21(25)13-11-18/h2-16H,1H3,(H,27,30)/b26-15+. The summed E-state index contributed by atoms with van der Waals surface area (Å²) in [6.07, 6.45) is 3.50. The number of nitrogens with zero attached hydrogens (tertiary/aromatic N) is 3. The first-order valence-electron chi connectivity index (χ1n) is 9.41. The average molecular weight is 415 g/mol. The van der Waals surface area contributed by atoms with E-state index in [1.165, 1.54) is 0 Å². The van der Waals surface area contributed by atoms with E-state index in [-0.39, 0.29) is 5.91 Å². The molecule has 4 rings (SSSR count). The van der Waals surface area contributed by atoms with Crippen LogP contribution in [0.1, 0.15) is 21.5 Å². The first kappa shape index (κ1) is 19.6. The van der Waals surface area contributed by atoms with Gasteiger partial charge in [0.25, 0.3) is 5.91 Å². The number of aromatic nitrogens is 2.